The third-order valence-corrected chi connectivity index (χ3v) is 3.15. The van der Waals surface area contributed by atoms with Gasteiger partial charge in [0.25, 0.3) is 0 Å². The molecule has 1 fully saturated rings. The van der Waals surface area contributed by atoms with Gasteiger partial charge in [0, 0.05) is 6.61 Å². The first kappa shape index (κ1) is 10.8. The fraction of sp³-hybridized carbons (Fsp3) is 0.500. The highest BCUT2D eigenvalue weighted by Crippen LogP contribution is 2.26. The van der Waals surface area contributed by atoms with Crippen molar-refractivity contribution in [2.24, 2.45) is 0 Å². The van der Waals surface area contributed by atoms with Crippen LogP contribution in [0.1, 0.15) is 18.9 Å². The molecule has 0 amide bonds. The number of nitrogens with one attached hydrogen (secondary N) is 1. The normalized spacial score (nSPS) is 25.5. The molecule has 2 atom stereocenters. The second-order valence-electron chi connectivity index (χ2n) is 4.10. The number of benzene rings is 1. The van der Waals surface area contributed by atoms with Gasteiger partial charge in [-0.15, -0.1) is 0 Å². The summed E-state index contributed by atoms with van der Waals surface area (Å²) in [5.41, 5.74) is 2.19. The zero-order chi connectivity index (χ0) is 10.8. The first-order chi connectivity index (χ1) is 7.16. The van der Waals surface area contributed by atoms with E-state index >= 15 is 0 Å². The Morgan fingerprint density at radius 1 is 1.47 bits per heavy atom. The van der Waals surface area contributed by atoms with Gasteiger partial charge in [-0.2, -0.15) is 0 Å². The molecule has 0 bridgehead atoms. The third-order valence-electron chi connectivity index (χ3n) is 2.84. The molecular formula is C12H16ClNO. The van der Waals surface area contributed by atoms with E-state index in [9.17, 15) is 0 Å². The highest BCUT2D eigenvalue weighted by Gasteiger charge is 2.24. The summed E-state index contributed by atoms with van der Waals surface area (Å²) in [4.78, 5) is 0. The van der Waals surface area contributed by atoms with Crippen molar-refractivity contribution >= 4 is 17.3 Å². The molecule has 3 heteroatoms. The first-order valence-electron chi connectivity index (χ1n) is 5.31. The smallest absolute Gasteiger partial charge is 0.0748 e. The molecule has 1 aliphatic rings. The van der Waals surface area contributed by atoms with Crippen LogP contribution in [-0.4, -0.2) is 18.8 Å². The van der Waals surface area contributed by atoms with Crippen LogP contribution in [0, 0.1) is 6.92 Å². The number of aryl methyl sites for hydroxylation is 1. The van der Waals surface area contributed by atoms with Gasteiger partial charge in [-0.3, -0.25) is 0 Å². The van der Waals surface area contributed by atoms with Crippen LogP contribution in [0.5, 0.6) is 0 Å². The molecule has 82 valence electrons. The van der Waals surface area contributed by atoms with Gasteiger partial charge in [-0.1, -0.05) is 17.7 Å². The summed E-state index contributed by atoms with van der Waals surface area (Å²) in [7, 11) is 0. The van der Waals surface area contributed by atoms with E-state index in [1.807, 2.05) is 19.1 Å². The Bertz CT molecular complexity index is 353. The van der Waals surface area contributed by atoms with E-state index in [4.69, 9.17) is 16.3 Å². The van der Waals surface area contributed by atoms with Crippen LogP contribution in [0.15, 0.2) is 18.2 Å². The van der Waals surface area contributed by atoms with Crippen molar-refractivity contribution in [2.75, 3.05) is 11.9 Å². The van der Waals surface area contributed by atoms with Gasteiger partial charge in [-0.05, 0) is 38.0 Å². The molecule has 0 spiro atoms. The maximum absolute atomic E-state index is 6.15. The highest BCUT2D eigenvalue weighted by atomic mass is 35.5. The van der Waals surface area contributed by atoms with Crippen molar-refractivity contribution in [3.05, 3.63) is 28.8 Å². The van der Waals surface area contributed by atoms with Gasteiger partial charge in [0.2, 0.25) is 0 Å². The number of hydrogen-bond acceptors (Lipinski definition) is 2. The maximum atomic E-state index is 6.15. The van der Waals surface area contributed by atoms with Crippen LogP contribution in [0.2, 0.25) is 5.02 Å². The van der Waals surface area contributed by atoms with E-state index in [1.165, 1.54) is 5.56 Å². The van der Waals surface area contributed by atoms with Crippen LogP contribution in [0.4, 0.5) is 5.69 Å². The Hall–Kier alpha value is -0.730. The van der Waals surface area contributed by atoms with E-state index in [2.05, 4.69) is 18.3 Å². The second-order valence-corrected chi connectivity index (χ2v) is 4.51. The van der Waals surface area contributed by atoms with E-state index < -0.39 is 0 Å². The number of hydrogen-bond donors (Lipinski definition) is 1. The SMILES string of the molecule is Cc1ccc(NC2CCOC2C)c(Cl)c1. The Kier molecular flexibility index (Phi) is 3.17. The van der Waals surface area contributed by atoms with Crippen molar-refractivity contribution in [2.45, 2.75) is 32.4 Å². The van der Waals surface area contributed by atoms with Crippen molar-refractivity contribution < 1.29 is 4.74 Å². The average Bonchev–Trinajstić information content (AvgIpc) is 2.57. The molecule has 0 saturated carbocycles. The average molecular weight is 226 g/mol. The lowest BCUT2D eigenvalue weighted by Crippen LogP contribution is -2.26. The van der Waals surface area contributed by atoms with E-state index in [0.29, 0.717) is 6.04 Å². The fourth-order valence-corrected chi connectivity index (χ4v) is 2.15. The zero-order valence-corrected chi connectivity index (χ0v) is 9.84. The van der Waals surface area contributed by atoms with Gasteiger partial charge in [-0.25, -0.2) is 0 Å². The quantitative estimate of drug-likeness (QED) is 0.835. The molecule has 2 unspecified atom stereocenters. The van der Waals surface area contributed by atoms with Crippen molar-refractivity contribution in [1.29, 1.82) is 0 Å². The molecule has 1 saturated heterocycles. The summed E-state index contributed by atoms with van der Waals surface area (Å²) in [6.45, 7) is 4.96. The Morgan fingerprint density at radius 3 is 2.87 bits per heavy atom. The monoisotopic (exact) mass is 225 g/mol. The lowest BCUT2D eigenvalue weighted by Gasteiger charge is -2.18. The second kappa shape index (κ2) is 4.42. The van der Waals surface area contributed by atoms with Crippen LogP contribution in [0.25, 0.3) is 0 Å². The summed E-state index contributed by atoms with van der Waals surface area (Å²) in [5.74, 6) is 0. The van der Waals surface area contributed by atoms with Crippen molar-refractivity contribution in [3.8, 4) is 0 Å². The van der Waals surface area contributed by atoms with Crippen molar-refractivity contribution in [1.82, 2.24) is 0 Å². The molecule has 0 aliphatic carbocycles. The summed E-state index contributed by atoms with van der Waals surface area (Å²) < 4.78 is 5.50. The molecule has 1 aromatic rings. The highest BCUT2D eigenvalue weighted by molar-refractivity contribution is 6.33. The molecule has 1 aromatic carbocycles. The molecular weight excluding hydrogens is 210 g/mol. The van der Waals surface area contributed by atoms with Gasteiger partial charge in [0.15, 0.2) is 0 Å². The zero-order valence-electron chi connectivity index (χ0n) is 9.09. The lowest BCUT2D eigenvalue weighted by molar-refractivity contribution is 0.121. The summed E-state index contributed by atoms with van der Waals surface area (Å²) in [6.07, 6.45) is 1.31. The van der Waals surface area contributed by atoms with Gasteiger partial charge in [0.05, 0.1) is 22.9 Å². The largest absolute Gasteiger partial charge is 0.378 e. The maximum Gasteiger partial charge on any atom is 0.0748 e. The van der Waals surface area contributed by atoms with E-state index in [-0.39, 0.29) is 6.10 Å². The van der Waals surface area contributed by atoms with Crippen LogP contribution >= 0.6 is 11.6 Å². The molecule has 1 aliphatic heterocycles. The van der Waals surface area contributed by atoms with Crippen LogP contribution in [-0.2, 0) is 4.74 Å². The lowest BCUT2D eigenvalue weighted by atomic mass is 10.1. The Balaban J connectivity index is 2.10. The summed E-state index contributed by atoms with van der Waals surface area (Å²) in [6, 6.07) is 6.45. The minimum absolute atomic E-state index is 0.266. The number of anilines is 1. The summed E-state index contributed by atoms with van der Waals surface area (Å²) in [5, 5.41) is 4.22. The molecule has 15 heavy (non-hydrogen) atoms. The Morgan fingerprint density at radius 2 is 2.27 bits per heavy atom. The third kappa shape index (κ3) is 2.44. The topological polar surface area (TPSA) is 21.3 Å². The Labute approximate surface area is 95.6 Å². The fourth-order valence-electron chi connectivity index (χ4n) is 1.86. The molecule has 0 radical (unpaired) electrons. The number of ether oxygens (including phenoxy) is 1. The standard InChI is InChI=1S/C12H16ClNO/c1-8-3-4-12(10(13)7-8)14-11-5-6-15-9(11)2/h3-4,7,9,11,14H,5-6H2,1-2H3. The summed E-state index contributed by atoms with van der Waals surface area (Å²) >= 11 is 6.15. The minimum atomic E-state index is 0.266. The molecule has 2 rings (SSSR count). The van der Waals surface area contributed by atoms with E-state index in [1.54, 1.807) is 0 Å². The predicted octanol–water partition coefficient (Wildman–Crippen LogP) is 3.24. The van der Waals surface area contributed by atoms with Gasteiger partial charge < -0.3 is 10.1 Å². The van der Waals surface area contributed by atoms with Crippen LogP contribution in [0.3, 0.4) is 0 Å². The van der Waals surface area contributed by atoms with Gasteiger partial charge in [0.1, 0.15) is 0 Å². The molecule has 1 N–H and O–H groups in total. The molecule has 2 nitrogen and oxygen atoms in total. The van der Waals surface area contributed by atoms with Crippen LogP contribution < -0.4 is 5.32 Å². The van der Waals surface area contributed by atoms with Crippen molar-refractivity contribution in [3.63, 3.8) is 0 Å². The predicted molar refractivity (Wildman–Crippen MR) is 63.6 cm³/mol. The minimum Gasteiger partial charge on any atom is -0.378 e. The van der Waals surface area contributed by atoms with E-state index in [0.717, 1.165) is 23.7 Å². The first-order valence-corrected chi connectivity index (χ1v) is 5.69. The van der Waals surface area contributed by atoms with Gasteiger partial charge >= 0.3 is 0 Å². The number of rotatable bonds is 2. The number of halogens is 1. The molecule has 1 heterocycles. The molecule has 0 aromatic heterocycles.